The maximum Gasteiger partial charge on any atom is 0.317 e. The number of carboxylic acids is 2. The molecule has 0 unspecified atom stereocenters. The summed E-state index contributed by atoms with van der Waals surface area (Å²) in [5.74, 6) is -1.96. The van der Waals surface area contributed by atoms with Crippen LogP contribution >= 0.6 is 0 Å². The van der Waals surface area contributed by atoms with Gasteiger partial charge in [0.25, 0.3) is 0 Å². The zero-order chi connectivity index (χ0) is 22.9. The first-order chi connectivity index (χ1) is 14.9. The Morgan fingerprint density at radius 1 is 0.645 bits per heavy atom. The number of nitrogens with one attached hydrogen (secondary N) is 1. The Kier molecular flexibility index (Phi) is 14.8. The number of carboxylic acid groups (broad SMARTS) is 2. The molecule has 0 bridgehead atoms. The second kappa shape index (κ2) is 16.8. The summed E-state index contributed by atoms with van der Waals surface area (Å²) in [6.07, 6.45) is 0. The normalized spacial score (nSPS) is 20.4. The second-order valence-electron chi connectivity index (χ2n) is 7.13. The van der Waals surface area contributed by atoms with E-state index in [0.29, 0.717) is 78.9 Å². The molecule has 0 aromatic rings. The van der Waals surface area contributed by atoms with Crippen molar-refractivity contribution in [1.29, 1.82) is 0 Å². The van der Waals surface area contributed by atoms with Gasteiger partial charge in [0.2, 0.25) is 5.91 Å². The van der Waals surface area contributed by atoms with Gasteiger partial charge in [-0.2, -0.15) is 0 Å². The van der Waals surface area contributed by atoms with Gasteiger partial charge in [-0.1, -0.05) is 0 Å². The third-order valence-corrected chi connectivity index (χ3v) is 4.67. The number of rotatable bonds is 6. The fourth-order valence-corrected chi connectivity index (χ4v) is 2.94. The summed E-state index contributed by atoms with van der Waals surface area (Å²) in [7, 11) is 1.58. The van der Waals surface area contributed by atoms with E-state index in [9.17, 15) is 14.4 Å². The van der Waals surface area contributed by atoms with Crippen LogP contribution in [0.1, 0.15) is 0 Å². The predicted octanol–water partition coefficient (Wildman–Crippen LogP) is -2.13. The van der Waals surface area contributed by atoms with Crippen LogP contribution in [0.3, 0.4) is 0 Å². The number of hydrogen-bond donors (Lipinski definition) is 3. The summed E-state index contributed by atoms with van der Waals surface area (Å²) in [4.78, 5) is 39.3. The predicted molar refractivity (Wildman–Crippen MR) is 111 cm³/mol. The summed E-state index contributed by atoms with van der Waals surface area (Å²) >= 11 is 0. The van der Waals surface area contributed by atoms with Crippen molar-refractivity contribution in [2.75, 3.05) is 106 Å². The Bertz CT molecular complexity index is 501. The van der Waals surface area contributed by atoms with Gasteiger partial charge in [0, 0.05) is 46.3 Å². The van der Waals surface area contributed by atoms with Crippen molar-refractivity contribution in [2.45, 2.75) is 0 Å². The molecule has 0 spiro atoms. The summed E-state index contributed by atoms with van der Waals surface area (Å²) in [6, 6.07) is 0. The van der Waals surface area contributed by atoms with Gasteiger partial charge < -0.3 is 29.7 Å². The van der Waals surface area contributed by atoms with Crippen molar-refractivity contribution < 1.29 is 38.8 Å². The quantitative estimate of drug-likeness (QED) is 0.410. The zero-order valence-corrected chi connectivity index (χ0v) is 18.3. The summed E-state index contributed by atoms with van der Waals surface area (Å²) in [5, 5.41) is 20.8. The van der Waals surface area contributed by atoms with Crippen LogP contribution in [0.4, 0.5) is 0 Å². The summed E-state index contributed by atoms with van der Waals surface area (Å²) < 4.78 is 16.8. The molecule has 12 nitrogen and oxygen atoms in total. The van der Waals surface area contributed by atoms with Crippen LogP contribution in [0.15, 0.2) is 0 Å². The lowest BCUT2D eigenvalue weighted by Gasteiger charge is -2.24. The molecule has 1 heterocycles. The van der Waals surface area contributed by atoms with E-state index in [1.165, 1.54) is 0 Å². The molecule has 12 heteroatoms. The molecule has 1 aliphatic heterocycles. The standard InChI is InChI=1S/C19H36N4O8/c1-20-17(24)14-21-2-8-29-10-4-22(15-18(25)26)6-12-31-13-7-23(16-19(27)28)5-11-30-9-3-21/h2-16H2,1H3,(H,20,24)(H,25,26)(H,27,28). The minimum atomic E-state index is -0.925. The molecular weight excluding hydrogens is 412 g/mol. The minimum absolute atomic E-state index is 0.109. The van der Waals surface area contributed by atoms with Crippen molar-refractivity contribution in [2.24, 2.45) is 0 Å². The lowest BCUT2D eigenvalue weighted by molar-refractivity contribution is -0.139. The fourth-order valence-electron chi connectivity index (χ4n) is 2.94. The van der Waals surface area contributed by atoms with Crippen LogP contribution < -0.4 is 5.32 Å². The van der Waals surface area contributed by atoms with E-state index in [0.717, 1.165) is 0 Å². The molecule has 0 aliphatic carbocycles. The Morgan fingerprint density at radius 3 is 1.19 bits per heavy atom. The number of aliphatic carboxylic acids is 2. The highest BCUT2D eigenvalue weighted by molar-refractivity contribution is 5.77. The molecule has 0 aromatic carbocycles. The van der Waals surface area contributed by atoms with Crippen LogP contribution in [-0.2, 0) is 28.6 Å². The molecule has 1 saturated heterocycles. The molecule has 1 amide bonds. The molecule has 0 atom stereocenters. The highest BCUT2D eigenvalue weighted by Crippen LogP contribution is 1.96. The first-order valence-corrected chi connectivity index (χ1v) is 10.4. The van der Waals surface area contributed by atoms with E-state index in [-0.39, 0.29) is 25.5 Å². The topological polar surface area (TPSA) is 141 Å². The van der Waals surface area contributed by atoms with E-state index in [4.69, 9.17) is 24.4 Å². The van der Waals surface area contributed by atoms with E-state index in [1.807, 2.05) is 4.90 Å². The van der Waals surface area contributed by atoms with Crippen molar-refractivity contribution in [1.82, 2.24) is 20.0 Å². The molecular formula is C19H36N4O8. The van der Waals surface area contributed by atoms with E-state index >= 15 is 0 Å². The number of likely N-dealkylation sites (N-methyl/N-ethyl adjacent to an activating group) is 1. The van der Waals surface area contributed by atoms with Crippen molar-refractivity contribution >= 4 is 17.8 Å². The SMILES string of the molecule is CNC(=O)CN1CCOCCN(CC(=O)O)CCOCCN(CC(=O)O)CCOCC1. The molecule has 3 N–H and O–H groups in total. The van der Waals surface area contributed by atoms with Crippen LogP contribution in [0.2, 0.25) is 0 Å². The second-order valence-corrected chi connectivity index (χ2v) is 7.13. The lowest BCUT2D eigenvalue weighted by atomic mass is 10.4. The largest absolute Gasteiger partial charge is 0.480 e. The molecule has 180 valence electrons. The first kappa shape index (κ1) is 27.2. The van der Waals surface area contributed by atoms with Gasteiger partial charge in [0.15, 0.2) is 0 Å². The van der Waals surface area contributed by atoms with Crippen LogP contribution in [0.25, 0.3) is 0 Å². The van der Waals surface area contributed by atoms with E-state index in [2.05, 4.69) is 5.32 Å². The maximum atomic E-state index is 11.7. The third kappa shape index (κ3) is 14.7. The highest BCUT2D eigenvalue weighted by atomic mass is 16.5. The van der Waals surface area contributed by atoms with Gasteiger partial charge in [-0.15, -0.1) is 0 Å². The van der Waals surface area contributed by atoms with Gasteiger partial charge >= 0.3 is 11.9 Å². The Hall–Kier alpha value is -1.83. The number of amides is 1. The van der Waals surface area contributed by atoms with Gasteiger partial charge in [-0.05, 0) is 0 Å². The number of ether oxygens (including phenoxy) is 3. The van der Waals surface area contributed by atoms with Gasteiger partial charge in [-0.3, -0.25) is 29.1 Å². The highest BCUT2D eigenvalue weighted by Gasteiger charge is 2.14. The molecule has 1 aliphatic rings. The monoisotopic (exact) mass is 448 g/mol. The van der Waals surface area contributed by atoms with Gasteiger partial charge in [-0.25, -0.2) is 0 Å². The summed E-state index contributed by atoms with van der Waals surface area (Å²) in [6.45, 7) is 5.02. The van der Waals surface area contributed by atoms with Crippen LogP contribution in [0, 0.1) is 0 Å². The molecule has 1 rings (SSSR count). The minimum Gasteiger partial charge on any atom is -0.480 e. The van der Waals surface area contributed by atoms with Crippen molar-refractivity contribution in [3.05, 3.63) is 0 Å². The van der Waals surface area contributed by atoms with Gasteiger partial charge in [0.05, 0.1) is 59.3 Å². The number of carbonyl (C=O) groups excluding carboxylic acids is 1. The van der Waals surface area contributed by atoms with E-state index < -0.39 is 11.9 Å². The summed E-state index contributed by atoms with van der Waals surface area (Å²) in [5.41, 5.74) is 0. The maximum absolute atomic E-state index is 11.7. The van der Waals surface area contributed by atoms with Crippen molar-refractivity contribution in [3.8, 4) is 0 Å². The van der Waals surface area contributed by atoms with Crippen molar-refractivity contribution in [3.63, 3.8) is 0 Å². The fraction of sp³-hybridized carbons (Fsp3) is 0.842. The van der Waals surface area contributed by atoms with Gasteiger partial charge in [0.1, 0.15) is 0 Å². The molecule has 0 radical (unpaired) electrons. The van der Waals surface area contributed by atoms with Crippen LogP contribution in [0.5, 0.6) is 0 Å². The molecule has 1 fully saturated rings. The number of nitrogens with zero attached hydrogens (tertiary/aromatic N) is 3. The zero-order valence-electron chi connectivity index (χ0n) is 18.3. The first-order valence-electron chi connectivity index (χ1n) is 10.4. The Balaban J connectivity index is 2.64. The van der Waals surface area contributed by atoms with Crippen LogP contribution in [-0.4, -0.2) is 148 Å². The average molecular weight is 449 g/mol. The average Bonchev–Trinajstić information content (AvgIpc) is 2.70. The third-order valence-electron chi connectivity index (χ3n) is 4.67. The van der Waals surface area contributed by atoms with E-state index in [1.54, 1.807) is 16.8 Å². The Labute approximate surface area is 183 Å². The molecule has 0 saturated carbocycles. The number of hydrogen-bond acceptors (Lipinski definition) is 9. The number of carbonyl (C=O) groups is 3. The Morgan fingerprint density at radius 2 is 0.935 bits per heavy atom. The molecule has 0 aromatic heterocycles. The smallest absolute Gasteiger partial charge is 0.317 e. The molecule has 31 heavy (non-hydrogen) atoms. The lowest BCUT2D eigenvalue weighted by Crippen LogP contribution is -2.40.